The number of rotatable bonds is 5. The zero-order valence-electron chi connectivity index (χ0n) is 14.6. The highest BCUT2D eigenvalue weighted by Gasteiger charge is 2.17. The van der Waals surface area contributed by atoms with E-state index in [0.717, 1.165) is 37.2 Å². The standard InChI is InChI=1S/C20H19N3O4/c24-20(25)18-19(22-23-21-18)27-17-7-5-15(6-8-17)13-1-3-14(4-2-13)16-9-11-26-12-10-16/h1-8,16H,9-12H2,(H,24,25)(H,21,22,23). The third-order valence-corrected chi connectivity index (χ3v) is 4.74. The Morgan fingerprint density at radius 2 is 1.67 bits per heavy atom. The van der Waals surface area contributed by atoms with Crippen LogP contribution in [0.1, 0.15) is 34.8 Å². The van der Waals surface area contributed by atoms with Crippen LogP contribution in [-0.4, -0.2) is 39.7 Å². The number of ether oxygens (including phenoxy) is 2. The first kappa shape index (κ1) is 17.2. The number of hydrogen-bond donors (Lipinski definition) is 2. The molecule has 0 spiro atoms. The van der Waals surface area contributed by atoms with Crippen molar-refractivity contribution in [3.05, 3.63) is 59.8 Å². The molecule has 7 heteroatoms. The molecule has 0 amide bonds. The van der Waals surface area contributed by atoms with Crippen molar-refractivity contribution < 1.29 is 19.4 Å². The third kappa shape index (κ3) is 3.83. The third-order valence-electron chi connectivity index (χ3n) is 4.74. The van der Waals surface area contributed by atoms with Gasteiger partial charge in [0.15, 0.2) is 0 Å². The molecular formula is C20H19N3O4. The summed E-state index contributed by atoms with van der Waals surface area (Å²) in [5, 5.41) is 18.5. The Morgan fingerprint density at radius 3 is 2.30 bits per heavy atom. The molecule has 0 aliphatic carbocycles. The van der Waals surface area contributed by atoms with Crippen LogP contribution in [0.3, 0.4) is 0 Å². The summed E-state index contributed by atoms with van der Waals surface area (Å²) in [5.41, 5.74) is 3.35. The minimum absolute atomic E-state index is 0.0592. The van der Waals surface area contributed by atoms with E-state index in [-0.39, 0.29) is 11.6 Å². The van der Waals surface area contributed by atoms with E-state index in [0.29, 0.717) is 11.7 Å². The van der Waals surface area contributed by atoms with Crippen molar-refractivity contribution in [2.24, 2.45) is 0 Å². The SMILES string of the molecule is O=C(O)c1[nH]nnc1Oc1ccc(-c2ccc(C3CCOCC3)cc2)cc1. The van der Waals surface area contributed by atoms with Crippen molar-refractivity contribution >= 4 is 5.97 Å². The van der Waals surface area contributed by atoms with Crippen LogP contribution in [0.15, 0.2) is 48.5 Å². The number of hydrogen-bond acceptors (Lipinski definition) is 5. The van der Waals surface area contributed by atoms with Crippen LogP contribution >= 0.6 is 0 Å². The first-order chi connectivity index (χ1) is 13.2. The fourth-order valence-electron chi connectivity index (χ4n) is 3.23. The summed E-state index contributed by atoms with van der Waals surface area (Å²) in [7, 11) is 0. The van der Waals surface area contributed by atoms with Gasteiger partial charge in [-0.2, -0.15) is 0 Å². The second-order valence-electron chi connectivity index (χ2n) is 6.43. The molecule has 1 aliphatic heterocycles. The van der Waals surface area contributed by atoms with Crippen LogP contribution in [0.4, 0.5) is 0 Å². The lowest BCUT2D eigenvalue weighted by Gasteiger charge is -2.22. The van der Waals surface area contributed by atoms with Crippen molar-refractivity contribution in [3.8, 4) is 22.8 Å². The summed E-state index contributed by atoms with van der Waals surface area (Å²) in [5.74, 6) is -0.157. The molecule has 0 atom stereocenters. The van der Waals surface area contributed by atoms with E-state index < -0.39 is 5.97 Å². The van der Waals surface area contributed by atoms with E-state index in [4.69, 9.17) is 14.6 Å². The number of aromatic nitrogens is 3. The molecular weight excluding hydrogens is 346 g/mol. The molecule has 0 bridgehead atoms. The molecule has 1 fully saturated rings. The molecule has 4 rings (SSSR count). The van der Waals surface area contributed by atoms with E-state index in [1.807, 2.05) is 12.1 Å². The number of carbonyl (C=O) groups is 1. The number of nitrogens with one attached hydrogen (secondary N) is 1. The van der Waals surface area contributed by atoms with Gasteiger partial charge in [0.2, 0.25) is 5.69 Å². The molecule has 2 heterocycles. The molecule has 138 valence electrons. The topological polar surface area (TPSA) is 97.3 Å². The molecule has 7 nitrogen and oxygen atoms in total. The van der Waals surface area contributed by atoms with Crippen LogP contribution in [0.2, 0.25) is 0 Å². The maximum absolute atomic E-state index is 11.1. The van der Waals surface area contributed by atoms with Gasteiger partial charge in [0.1, 0.15) is 5.75 Å². The fraction of sp³-hybridized carbons (Fsp3) is 0.250. The summed E-state index contributed by atoms with van der Waals surface area (Å²) in [6.45, 7) is 1.67. The van der Waals surface area contributed by atoms with Gasteiger partial charge in [-0.3, -0.25) is 0 Å². The predicted molar refractivity (Wildman–Crippen MR) is 98.1 cm³/mol. The number of benzene rings is 2. The highest BCUT2D eigenvalue weighted by molar-refractivity contribution is 5.87. The Balaban J connectivity index is 1.47. The molecule has 0 unspecified atom stereocenters. The first-order valence-electron chi connectivity index (χ1n) is 8.81. The quantitative estimate of drug-likeness (QED) is 0.713. The summed E-state index contributed by atoms with van der Waals surface area (Å²) < 4.78 is 10.9. The highest BCUT2D eigenvalue weighted by atomic mass is 16.5. The van der Waals surface area contributed by atoms with Crippen molar-refractivity contribution in [1.29, 1.82) is 0 Å². The van der Waals surface area contributed by atoms with Gasteiger partial charge in [-0.15, -0.1) is 0 Å². The highest BCUT2D eigenvalue weighted by Crippen LogP contribution is 2.30. The van der Waals surface area contributed by atoms with E-state index in [2.05, 4.69) is 39.7 Å². The van der Waals surface area contributed by atoms with E-state index in [9.17, 15) is 4.79 Å². The molecule has 1 saturated heterocycles. The van der Waals surface area contributed by atoms with Crippen LogP contribution in [0.5, 0.6) is 11.6 Å². The molecule has 0 radical (unpaired) electrons. The van der Waals surface area contributed by atoms with Crippen LogP contribution in [0.25, 0.3) is 11.1 Å². The zero-order chi connectivity index (χ0) is 18.6. The Morgan fingerprint density at radius 1 is 1.04 bits per heavy atom. The maximum Gasteiger partial charge on any atom is 0.359 e. The number of carboxylic acid groups (broad SMARTS) is 1. The van der Waals surface area contributed by atoms with Crippen molar-refractivity contribution in [1.82, 2.24) is 15.4 Å². The summed E-state index contributed by atoms with van der Waals surface area (Å²) in [4.78, 5) is 11.1. The van der Waals surface area contributed by atoms with Crippen LogP contribution in [0, 0.1) is 0 Å². The normalized spacial score (nSPS) is 14.8. The van der Waals surface area contributed by atoms with Gasteiger partial charge in [0.25, 0.3) is 5.88 Å². The van der Waals surface area contributed by atoms with E-state index in [1.165, 1.54) is 5.56 Å². The molecule has 2 aromatic carbocycles. The smallest absolute Gasteiger partial charge is 0.359 e. The average Bonchev–Trinajstić information content (AvgIpc) is 3.18. The lowest BCUT2D eigenvalue weighted by atomic mass is 9.90. The van der Waals surface area contributed by atoms with E-state index >= 15 is 0 Å². The molecule has 2 N–H and O–H groups in total. The number of aromatic carboxylic acids is 1. The molecule has 0 saturated carbocycles. The van der Waals surface area contributed by atoms with Crippen molar-refractivity contribution in [3.63, 3.8) is 0 Å². The summed E-state index contributed by atoms with van der Waals surface area (Å²) in [6, 6.07) is 16.0. The first-order valence-corrected chi connectivity index (χ1v) is 8.81. The average molecular weight is 365 g/mol. The van der Waals surface area contributed by atoms with Gasteiger partial charge in [-0.1, -0.05) is 46.7 Å². The van der Waals surface area contributed by atoms with Gasteiger partial charge >= 0.3 is 5.97 Å². The van der Waals surface area contributed by atoms with Gasteiger partial charge in [0.05, 0.1) is 0 Å². The fourth-order valence-corrected chi connectivity index (χ4v) is 3.23. The second kappa shape index (κ2) is 7.59. The maximum atomic E-state index is 11.1. The van der Waals surface area contributed by atoms with Crippen LogP contribution in [-0.2, 0) is 4.74 Å². The summed E-state index contributed by atoms with van der Waals surface area (Å²) >= 11 is 0. The molecule has 27 heavy (non-hydrogen) atoms. The van der Waals surface area contributed by atoms with Gasteiger partial charge < -0.3 is 14.6 Å². The lowest BCUT2D eigenvalue weighted by Crippen LogP contribution is -2.13. The Kier molecular flexibility index (Phi) is 4.84. The Hall–Kier alpha value is -3.19. The van der Waals surface area contributed by atoms with Gasteiger partial charge in [-0.05, 0) is 47.6 Å². The number of nitrogens with zero attached hydrogens (tertiary/aromatic N) is 2. The molecule has 1 aliphatic rings. The Bertz CT molecular complexity index is 913. The Labute approximate surface area is 155 Å². The second-order valence-corrected chi connectivity index (χ2v) is 6.43. The monoisotopic (exact) mass is 365 g/mol. The predicted octanol–water partition coefficient (Wildman–Crippen LogP) is 3.86. The minimum atomic E-state index is -1.17. The lowest BCUT2D eigenvalue weighted by molar-refractivity contribution is 0.0687. The largest absolute Gasteiger partial charge is 0.476 e. The minimum Gasteiger partial charge on any atom is -0.476 e. The summed E-state index contributed by atoms with van der Waals surface area (Å²) in [6.07, 6.45) is 2.15. The molecule has 3 aromatic rings. The van der Waals surface area contributed by atoms with Crippen molar-refractivity contribution in [2.45, 2.75) is 18.8 Å². The number of aromatic amines is 1. The molecule has 1 aromatic heterocycles. The van der Waals surface area contributed by atoms with Crippen molar-refractivity contribution in [2.75, 3.05) is 13.2 Å². The zero-order valence-corrected chi connectivity index (χ0v) is 14.6. The van der Waals surface area contributed by atoms with Gasteiger partial charge in [-0.25, -0.2) is 9.89 Å². The van der Waals surface area contributed by atoms with E-state index in [1.54, 1.807) is 12.1 Å². The number of H-pyrrole nitrogens is 1. The number of carboxylic acids is 1. The van der Waals surface area contributed by atoms with Crippen LogP contribution < -0.4 is 4.74 Å². The van der Waals surface area contributed by atoms with Gasteiger partial charge in [0, 0.05) is 13.2 Å².